The van der Waals surface area contributed by atoms with Gasteiger partial charge in [0.15, 0.2) is 28.8 Å². The summed E-state index contributed by atoms with van der Waals surface area (Å²) in [6.45, 7) is 0. The Kier molecular flexibility index (Phi) is 6.39. The highest BCUT2D eigenvalue weighted by Gasteiger charge is 2.72. The average molecular weight is 590 g/mol. The van der Waals surface area contributed by atoms with Crippen molar-refractivity contribution in [2.24, 2.45) is 5.41 Å². The molecule has 0 N–H and O–H groups in total. The van der Waals surface area contributed by atoms with Crippen LogP contribution < -0.4 is 19.1 Å². The Labute approximate surface area is 253 Å². The molecule has 7 nitrogen and oxygen atoms in total. The van der Waals surface area contributed by atoms with E-state index in [1.807, 2.05) is 41.3 Å². The fourth-order valence-corrected chi connectivity index (χ4v) is 7.41. The molecule has 0 aromatic heterocycles. The third-order valence-corrected chi connectivity index (χ3v) is 9.18. The van der Waals surface area contributed by atoms with E-state index >= 15 is 0 Å². The van der Waals surface area contributed by atoms with Crippen LogP contribution in [0.2, 0.25) is 0 Å². The predicted octanol–water partition coefficient (Wildman–Crippen LogP) is 6.17. The second-order valence-corrected chi connectivity index (χ2v) is 11.1. The Morgan fingerprint density at radius 3 is 2.05 bits per heavy atom. The molecule has 7 rings (SSSR count). The van der Waals surface area contributed by atoms with Crippen molar-refractivity contribution >= 4 is 29.1 Å². The molecule has 0 radical (unpaired) electrons. The number of ether oxygens (including phenoxy) is 3. The molecule has 0 saturated carbocycles. The van der Waals surface area contributed by atoms with Crippen LogP contribution >= 0.6 is 0 Å². The summed E-state index contributed by atoms with van der Waals surface area (Å²) in [7, 11) is 4.44. The van der Waals surface area contributed by atoms with Gasteiger partial charge in [-0.15, -0.1) is 0 Å². The van der Waals surface area contributed by atoms with E-state index in [2.05, 4.69) is 0 Å². The van der Waals surface area contributed by atoms with Crippen LogP contribution in [0, 0.1) is 11.2 Å². The van der Waals surface area contributed by atoms with E-state index in [9.17, 15) is 18.8 Å². The summed E-state index contributed by atoms with van der Waals surface area (Å²) in [5.74, 6) is -1.71. The summed E-state index contributed by atoms with van der Waals surface area (Å²) in [6, 6.07) is 21.2. The van der Waals surface area contributed by atoms with Crippen molar-refractivity contribution in [3.63, 3.8) is 0 Å². The average Bonchev–Trinajstić information content (AvgIpc) is 3.49. The quantitative estimate of drug-likeness (QED) is 0.197. The fourth-order valence-electron chi connectivity index (χ4n) is 7.41. The highest BCUT2D eigenvalue weighted by molar-refractivity contribution is 6.32. The van der Waals surface area contributed by atoms with Gasteiger partial charge in [-0.2, -0.15) is 0 Å². The molecule has 3 aliphatic rings. The van der Waals surface area contributed by atoms with Crippen molar-refractivity contribution in [2.45, 2.75) is 18.0 Å². The van der Waals surface area contributed by atoms with Crippen LogP contribution in [0.1, 0.15) is 48.1 Å². The first kappa shape index (κ1) is 27.6. The molecule has 44 heavy (non-hydrogen) atoms. The van der Waals surface area contributed by atoms with Gasteiger partial charge in [-0.1, -0.05) is 60.7 Å². The summed E-state index contributed by atoms with van der Waals surface area (Å²) >= 11 is 0. The zero-order valence-electron chi connectivity index (χ0n) is 24.2. The molecule has 4 aromatic rings. The number of Topliss-reactive ketones (excluding diaryl/α,β-unsaturated/α-hetero) is 3. The first-order chi connectivity index (χ1) is 21.4. The largest absolute Gasteiger partial charge is 0.493 e. The summed E-state index contributed by atoms with van der Waals surface area (Å²) in [4.78, 5) is 46.4. The third-order valence-electron chi connectivity index (χ3n) is 9.18. The minimum absolute atomic E-state index is 0.249. The molecule has 4 aromatic carbocycles. The van der Waals surface area contributed by atoms with E-state index in [1.54, 1.807) is 36.4 Å². The van der Waals surface area contributed by atoms with Crippen molar-refractivity contribution in [3.05, 3.63) is 125 Å². The van der Waals surface area contributed by atoms with Crippen molar-refractivity contribution in [1.29, 1.82) is 0 Å². The van der Waals surface area contributed by atoms with Gasteiger partial charge in [0.1, 0.15) is 17.3 Å². The molecular weight excluding hydrogens is 561 g/mol. The van der Waals surface area contributed by atoms with Crippen LogP contribution in [0.15, 0.2) is 91.0 Å². The number of rotatable bonds is 6. The number of carbonyl (C=O) groups is 3. The maximum Gasteiger partial charge on any atom is 0.203 e. The Bertz CT molecular complexity index is 1850. The van der Waals surface area contributed by atoms with E-state index in [-0.39, 0.29) is 34.4 Å². The number of halogens is 1. The first-order valence-electron chi connectivity index (χ1n) is 14.2. The molecule has 2 aliphatic heterocycles. The molecule has 2 heterocycles. The van der Waals surface area contributed by atoms with Gasteiger partial charge in [0.2, 0.25) is 5.75 Å². The topological polar surface area (TPSA) is 82.1 Å². The number of anilines is 1. The number of hydrogen-bond acceptors (Lipinski definition) is 7. The van der Waals surface area contributed by atoms with Gasteiger partial charge in [-0.25, -0.2) is 4.39 Å². The molecule has 1 aliphatic carbocycles. The standard InChI is InChI=1S/C36H28FNO6/c1-42-27-18-17-25(32(43-2)33(27)44-3)29-30(31(39)21-12-15-22(37)16-13-21)38-26-11-7-4-8-20(26)14-19-28(38)36(29)34(40)23-9-5-6-10-24(23)35(36)41/h4-19,28-30H,1-3H3/t28-,29+,30-/m0/s1. The Balaban J connectivity index is 1.59. The van der Waals surface area contributed by atoms with E-state index < -0.39 is 29.2 Å². The number of hydrogen-bond donors (Lipinski definition) is 0. The van der Waals surface area contributed by atoms with Crippen molar-refractivity contribution < 1.29 is 33.0 Å². The lowest BCUT2D eigenvalue weighted by molar-refractivity contribution is 0.0664. The zero-order valence-corrected chi connectivity index (χ0v) is 24.2. The SMILES string of the molecule is COc1ccc([C@@H]2[C@@H](C(=O)c3ccc(F)cc3)N3c4ccccc4C=C[C@H]3C23C(=O)c2ccccc2C3=O)c(OC)c1OC. The highest BCUT2D eigenvalue weighted by Crippen LogP contribution is 2.63. The lowest BCUT2D eigenvalue weighted by Gasteiger charge is -2.37. The van der Waals surface area contributed by atoms with Gasteiger partial charge in [-0.3, -0.25) is 14.4 Å². The maximum atomic E-state index is 14.9. The van der Waals surface area contributed by atoms with Gasteiger partial charge in [0.05, 0.1) is 27.4 Å². The van der Waals surface area contributed by atoms with Crippen LogP contribution in [0.4, 0.5) is 10.1 Å². The summed E-state index contributed by atoms with van der Waals surface area (Å²) in [6.07, 6.45) is 3.75. The van der Waals surface area contributed by atoms with E-state index in [4.69, 9.17) is 14.2 Å². The number of fused-ring (bicyclic) bond motifs is 5. The van der Waals surface area contributed by atoms with Crippen LogP contribution in [-0.2, 0) is 0 Å². The first-order valence-corrected chi connectivity index (χ1v) is 14.2. The maximum absolute atomic E-state index is 14.9. The molecule has 3 atom stereocenters. The zero-order chi connectivity index (χ0) is 30.7. The molecule has 1 saturated heterocycles. The molecule has 0 amide bonds. The second kappa shape index (κ2) is 10.2. The van der Waals surface area contributed by atoms with Crippen molar-refractivity contribution in [2.75, 3.05) is 26.2 Å². The number of carbonyl (C=O) groups excluding carboxylic acids is 3. The molecule has 1 fully saturated rings. The Morgan fingerprint density at radius 1 is 0.773 bits per heavy atom. The van der Waals surface area contributed by atoms with E-state index in [0.29, 0.717) is 28.1 Å². The number of methoxy groups -OCH3 is 3. The predicted molar refractivity (Wildman–Crippen MR) is 163 cm³/mol. The van der Waals surface area contributed by atoms with Crippen LogP contribution in [-0.4, -0.2) is 50.8 Å². The van der Waals surface area contributed by atoms with Crippen LogP contribution in [0.25, 0.3) is 6.08 Å². The highest BCUT2D eigenvalue weighted by atomic mass is 19.1. The van der Waals surface area contributed by atoms with Gasteiger partial charge in [0.25, 0.3) is 0 Å². The van der Waals surface area contributed by atoms with Crippen molar-refractivity contribution in [3.8, 4) is 17.2 Å². The third kappa shape index (κ3) is 3.57. The van der Waals surface area contributed by atoms with Crippen LogP contribution in [0.3, 0.4) is 0 Å². The van der Waals surface area contributed by atoms with Gasteiger partial charge >= 0.3 is 0 Å². The lowest BCUT2D eigenvalue weighted by atomic mass is 9.64. The Hall–Kier alpha value is -5.24. The summed E-state index contributed by atoms with van der Waals surface area (Å²) in [5, 5.41) is 0. The van der Waals surface area contributed by atoms with Gasteiger partial charge in [-0.05, 0) is 42.0 Å². The molecule has 0 unspecified atom stereocenters. The van der Waals surface area contributed by atoms with Crippen molar-refractivity contribution in [1.82, 2.24) is 0 Å². The molecule has 0 bridgehead atoms. The minimum atomic E-state index is -1.74. The number of benzene rings is 4. The minimum Gasteiger partial charge on any atom is -0.493 e. The number of nitrogens with zero attached hydrogens (tertiary/aromatic N) is 1. The number of para-hydroxylation sites is 1. The van der Waals surface area contributed by atoms with E-state index in [1.165, 1.54) is 45.6 Å². The fraction of sp³-hybridized carbons (Fsp3) is 0.194. The van der Waals surface area contributed by atoms with Gasteiger partial charge in [0, 0.05) is 33.9 Å². The summed E-state index contributed by atoms with van der Waals surface area (Å²) < 4.78 is 31.2. The normalized spacial score (nSPS) is 20.7. The molecule has 1 spiro atoms. The molecule has 220 valence electrons. The Morgan fingerprint density at radius 2 is 1.41 bits per heavy atom. The van der Waals surface area contributed by atoms with E-state index in [0.717, 1.165) is 5.56 Å². The smallest absolute Gasteiger partial charge is 0.203 e. The summed E-state index contributed by atoms with van der Waals surface area (Å²) in [5.41, 5.74) is 1.12. The number of ketones is 3. The molecular formula is C36H28FNO6. The lowest BCUT2D eigenvalue weighted by Crippen LogP contribution is -2.48. The monoisotopic (exact) mass is 589 g/mol. The van der Waals surface area contributed by atoms with Crippen LogP contribution in [0.5, 0.6) is 17.2 Å². The van der Waals surface area contributed by atoms with Gasteiger partial charge < -0.3 is 19.1 Å². The second-order valence-electron chi connectivity index (χ2n) is 11.1. The molecule has 8 heteroatoms.